The maximum Gasteiger partial charge on any atom is 0.271 e. The third kappa shape index (κ3) is 4.99. The highest BCUT2D eigenvalue weighted by Gasteiger charge is 2.34. The highest BCUT2D eigenvalue weighted by atomic mass is 35.5. The van der Waals surface area contributed by atoms with Crippen molar-refractivity contribution in [2.75, 3.05) is 19.7 Å². The average molecular weight is 521 g/mol. The Morgan fingerprint density at radius 2 is 1.86 bits per heavy atom. The Balaban J connectivity index is 1.86. The number of allylic oxidation sites excluding steroid dienone is 1. The van der Waals surface area contributed by atoms with Crippen molar-refractivity contribution in [1.82, 2.24) is 9.47 Å². The van der Waals surface area contributed by atoms with Crippen LogP contribution >= 0.6 is 22.9 Å². The van der Waals surface area contributed by atoms with Crippen LogP contribution < -0.4 is 19.6 Å². The van der Waals surface area contributed by atoms with Crippen molar-refractivity contribution >= 4 is 34.9 Å². The number of carbonyl (C=O) groups excluding carboxylic acids is 1. The first kappa shape index (κ1) is 25.4. The van der Waals surface area contributed by atoms with E-state index in [1.165, 1.54) is 11.3 Å². The number of ether oxygens (including phenoxy) is 1. The number of benzene rings is 2. The van der Waals surface area contributed by atoms with Gasteiger partial charge in [-0.15, -0.1) is 0 Å². The molecule has 4 rings (SSSR count). The molecule has 0 fully saturated rings. The third-order valence-electron chi connectivity index (χ3n) is 5.97. The predicted molar refractivity (Wildman–Crippen MR) is 141 cm³/mol. The largest absolute Gasteiger partial charge is 0.479 e. The fourth-order valence-corrected chi connectivity index (χ4v) is 5.34. The molecule has 0 aliphatic carbocycles. The molecule has 0 radical (unpaired) electrons. The molecule has 36 heavy (non-hydrogen) atoms. The first-order valence-corrected chi connectivity index (χ1v) is 12.7. The van der Waals surface area contributed by atoms with Crippen molar-refractivity contribution in [2.45, 2.75) is 26.8 Å². The summed E-state index contributed by atoms with van der Waals surface area (Å²) in [6, 6.07) is 15.7. The second kappa shape index (κ2) is 10.9. The van der Waals surface area contributed by atoms with Crippen molar-refractivity contribution in [1.29, 1.82) is 5.26 Å². The number of nitriles is 1. The van der Waals surface area contributed by atoms with Crippen LogP contribution in [0.15, 0.2) is 69.6 Å². The lowest BCUT2D eigenvalue weighted by molar-refractivity contribution is -0.127. The standard InChI is InChI=1S/C27H25ClN4O3S/c1-4-31(5-2)26(34)23-17(3)30-27-32(24(23)19-8-10-20(28)11-9-19)25(33)22(36-27)16-18-6-12-21(13-7-18)35-15-14-29/h6-13,16,24H,4-5,15H2,1-3H3/b22-16+/t24-/m1/s1. The van der Waals surface area contributed by atoms with Gasteiger partial charge in [-0.25, -0.2) is 4.99 Å². The maximum atomic E-state index is 13.7. The van der Waals surface area contributed by atoms with E-state index < -0.39 is 6.04 Å². The van der Waals surface area contributed by atoms with E-state index >= 15 is 0 Å². The van der Waals surface area contributed by atoms with Crippen LogP contribution in [-0.2, 0) is 4.79 Å². The molecule has 9 heteroatoms. The summed E-state index contributed by atoms with van der Waals surface area (Å²) in [5.74, 6) is 0.441. The lowest BCUT2D eigenvalue weighted by Gasteiger charge is -2.29. The quantitative estimate of drug-likeness (QED) is 0.475. The maximum absolute atomic E-state index is 13.7. The number of thiazole rings is 1. The Morgan fingerprint density at radius 1 is 1.19 bits per heavy atom. The topological polar surface area (TPSA) is 87.7 Å². The molecular weight excluding hydrogens is 496 g/mol. The zero-order chi connectivity index (χ0) is 25.8. The zero-order valence-electron chi connectivity index (χ0n) is 20.2. The minimum absolute atomic E-state index is 0.0312. The van der Waals surface area contributed by atoms with Crippen molar-refractivity contribution in [2.24, 2.45) is 4.99 Å². The fraction of sp³-hybridized carbons (Fsp3) is 0.259. The number of halogens is 1. The van der Waals surface area contributed by atoms with Crippen LogP contribution in [-0.4, -0.2) is 35.1 Å². The average Bonchev–Trinajstić information content (AvgIpc) is 3.18. The highest BCUT2D eigenvalue weighted by molar-refractivity contribution is 7.07. The summed E-state index contributed by atoms with van der Waals surface area (Å²) in [6.07, 6.45) is 1.79. The number of hydrogen-bond acceptors (Lipinski definition) is 6. The first-order chi connectivity index (χ1) is 17.4. The second-order valence-electron chi connectivity index (χ2n) is 8.13. The number of rotatable bonds is 7. The first-order valence-electron chi connectivity index (χ1n) is 11.5. The van der Waals surface area contributed by atoms with Gasteiger partial charge in [-0.3, -0.25) is 14.2 Å². The van der Waals surface area contributed by atoms with Gasteiger partial charge in [0.1, 0.15) is 11.8 Å². The minimum atomic E-state index is -0.615. The van der Waals surface area contributed by atoms with Gasteiger partial charge < -0.3 is 9.64 Å². The van der Waals surface area contributed by atoms with E-state index in [0.717, 1.165) is 11.1 Å². The fourth-order valence-electron chi connectivity index (χ4n) is 4.16. The van der Waals surface area contributed by atoms with Crippen LogP contribution in [0, 0.1) is 11.3 Å². The normalized spacial score (nSPS) is 15.2. The highest BCUT2D eigenvalue weighted by Crippen LogP contribution is 2.31. The lowest BCUT2D eigenvalue weighted by Crippen LogP contribution is -2.43. The molecule has 7 nitrogen and oxygen atoms in total. The molecule has 1 aliphatic heterocycles. The molecule has 1 amide bonds. The molecule has 2 aromatic carbocycles. The van der Waals surface area contributed by atoms with Gasteiger partial charge in [0.15, 0.2) is 11.4 Å². The molecule has 184 valence electrons. The Labute approximate surface area is 217 Å². The monoisotopic (exact) mass is 520 g/mol. The van der Waals surface area contributed by atoms with Crippen LogP contribution in [0.2, 0.25) is 5.02 Å². The van der Waals surface area contributed by atoms with Gasteiger partial charge in [-0.05, 0) is 62.2 Å². The number of likely N-dealkylation sites (N-methyl/N-ethyl adjacent to an activating group) is 1. The molecule has 1 atom stereocenters. The molecule has 1 aromatic heterocycles. The van der Waals surface area contributed by atoms with Gasteiger partial charge in [0.05, 0.1) is 21.8 Å². The zero-order valence-corrected chi connectivity index (χ0v) is 21.8. The van der Waals surface area contributed by atoms with E-state index in [0.29, 0.717) is 44.5 Å². The smallest absolute Gasteiger partial charge is 0.271 e. The number of hydrogen-bond donors (Lipinski definition) is 0. The molecular formula is C27H25ClN4O3S. The van der Waals surface area contributed by atoms with E-state index in [-0.39, 0.29) is 18.1 Å². The summed E-state index contributed by atoms with van der Waals surface area (Å²) in [6.45, 7) is 6.75. The summed E-state index contributed by atoms with van der Waals surface area (Å²) in [4.78, 5) is 34.2. The van der Waals surface area contributed by atoms with E-state index in [2.05, 4.69) is 4.99 Å². The molecule has 0 saturated carbocycles. The van der Waals surface area contributed by atoms with Gasteiger partial charge in [-0.2, -0.15) is 5.26 Å². The number of nitrogens with zero attached hydrogens (tertiary/aromatic N) is 4. The van der Waals surface area contributed by atoms with Crippen LogP contribution in [0.3, 0.4) is 0 Å². The number of carbonyl (C=O) groups is 1. The van der Waals surface area contributed by atoms with Gasteiger partial charge in [0.25, 0.3) is 11.5 Å². The van der Waals surface area contributed by atoms with Gasteiger partial charge in [0, 0.05) is 18.1 Å². The summed E-state index contributed by atoms with van der Waals surface area (Å²) < 4.78 is 7.41. The molecule has 0 saturated heterocycles. The van der Waals surface area contributed by atoms with Crippen molar-refractivity contribution < 1.29 is 9.53 Å². The Kier molecular flexibility index (Phi) is 7.73. The van der Waals surface area contributed by atoms with Crippen molar-refractivity contribution in [3.63, 3.8) is 0 Å². The molecule has 3 aromatic rings. The third-order valence-corrected chi connectivity index (χ3v) is 7.20. The molecule has 0 spiro atoms. The van der Waals surface area contributed by atoms with Crippen LogP contribution in [0.1, 0.15) is 37.9 Å². The summed E-state index contributed by atoms with van der Waals surface area (Å²) in [7, 11) is 0. The lowest BCUT2D eigenvalue weighted by atomic mass is 9.94. The van der Waals surface area contributed by atoms with Gasteiger partial charge in [0.2, 0.25) is 0 Å². The van der Waals surface area contributed by atoms with Crippen molar-refractivity contribution in [3.8, 4) is 11.8 Å². The molecule has 0 unspecified atom stereocenters. The Hall–Kier alpha value is -3.67. The Morgan fingerprint density at radius 3 is 2.47 bits per heavy atom. The number of aromatic nitrogens is 1. The van der Waals surface area contributed by atoms with Crippen LogP contribution in [0.25, 0.3) is 6.08 Å². The Bertz CT molecular complexity index is 1530. The second-order valence-corrected chi connectivity index (χ2v) is 9.57. The summed E-state index contributed by atoms with van der Waals surface area (Å²) in [5.41, 5.74) is 2.46. The van der Waals surface area contributed by atoms with Crippen molar-refractivity contribution in [3.05, 3.63) is 95.6 Å². The van der Waals surface area contributed by atoms with Crippen LogP contribution in [0.4, 0.5) is 0 Å². The predicted octanol–water partition coefficient (Wildman–Crippen LogP) is 3.66. The molecule has 1 aliphatic rings. The molecule has 0 bridgehead atoms. The van der Waals surface area contributed by atoms with Crippen LogP contribution in [0.5, 0.6) is 5.75 Å². The van der Waals surface area contributed by atoms with E-state index in [1.807, 2.05) is 51.1 Å². The summed E-state index contributed by atoms with van der Waals surface area (Å²) >= 11 is 7.42. The molecule has 2 heterocycles. The summed E-state index contributed by atoms with van der Waals surface area (Å²) in [5, 5.41) is 9.25. The number of amides is 1. The SMILES string of the molecule is CCN(CC)C(=O)C1=C(C)N=c2s/c(=C/c3ccc(OCC#N)cc3)c(=O)n2[C@@H]1c1ccc(Cl)cc1. The van der Waals surface area contributed by atoms with E-state index in [1.54, 1.807) is 39.8 Å². The number of fused-ring (bicyclic) bond motifs is 1. The van der Waals surface area contributed by atoms with Gasteiger partial charge in [-0.1, -0.05) is 47.2 Å². The minimum Gasteiger partial charge on any atom is -0.479 e. The van der Waals surface area contributed by atoms with E-state index in [9.17, 15) is 9.59 Å². The van der Waals surface area contributed by atoms with E-state index in [4.69, 9.17) is 21.6 Å². The van der Waals surface area contributed by atoms with Gasteiger partial charge >= 0.3 is 0 Å². The molecule has 0 N–H and O–H groups in total.